The van der Waals surface area contributed by atoms with Crippen LogP contribution < -0.4 is 4.74 Å². The van der Waals surface area contributed by atoms with E-state index in [1.807, 2.05) is 30.5 Å². The average molecular weight is 245 g/mol. The summed E-state index contributed by atoms with van der Waals surface area (Å²) in [7, 11) is 0. The van der Waals surface area contributed by atoms with Gasteiger partial charge in [-0.3, -0.25) is 0 Å². The van der Waals surface area contributed by atoms with Gasteiger partial charge >= 0.3 is 5.97 Å². The first kappa shape index (κ1) is 12.2. The monoisotopic (exact) mass is 245 g/mol. The second-order valence-corrected chi connectivity index (χ2v) is 3.87. The second-order valence-electron chi connectivity index (χ2n) is 3.87. The molecule has 0 unspecified atom stereocenters. The van der Waals surface area contributed by atoms with Crippen LogP contribution in [-0.2, 0) is 9.53 Å². The van der Waals surface area contributed by atoms with E-state index in [1.54, 1.807) is 13.8 Å². The highest BCUT2D eigenvalue weighted by Crippen LogP contribution is 2.20. The second kappa shape index (κ2) is 5.40. The number of aromatic nitrogens is 1. The van der Waals surface area contributed by atoms with Crippen molar-refractivity contribution in [3.05, 3.63) is 42.3 Å². The fraction of sp³-hybridized carbons (Fsp3) is 0.214. The molecule has 2 rings (SSSR count). The van der Waals surface area contributed by atoms with Crippen molar-refractivity contribution < 1.29 is 14.3 Å². The van der Waals surface area contributed by atoms with Crippen molar-refractivity contribution >= 4 is 16.9 Å². The predicted octanol–water partition coefficient (Wildman–Crippen LogP) is 3.01. The highest BCUT2D eigenvalue weighted by atomic mass is 16.5. The fourth-order valence-electron chi connectivity index (χ4n) is 1.55. The molecular formula is C14H15NO3. The quantitative estimate of drug-likeness (QED) is 0.511. The van der Waals surface area contributed by atoms with Crippen LogP contribution in [0.5, 0.6) is 5.75 Å². The van der Waals surface area contributed by atoms with Gasteiger partial charge in [0.25, 0.3) is 0 Å². The molecule has 94 valence electrons. The van der Waals surface area contributed by atoms with E-state index in [0.717, 1.165) is 10.9 Å². The van der Waals surface area contributed by atoms with Gasteiger partial charge in [0.2, 0.25) is 0 Å². The maximum atomic E-state index is 11.4. The number of hydrogen-bond acceptors (Lipinski definition) is 3. The van der Waals surface area contributed by atoms with Crippen LogP contribution >= 0.6 is 0 Å². The summed E-state index contributed by atoms with van der Waals surface area (Å²) in [5.41, 5.74) is 1.49. The van der Waals surface area contributed by atoms with Crippen molar-refractivity contribution in [3.63, 3.8) is 0 Å². The van der Waals surface area contributed by atoms with E-state index in [2.05, 4.69) is 4.98 Å². The fourth-order valence-corrected chi connectivity index (χ4v) is 1.55. The lowest BCUT2D eigenvalue weighted by molar-refractivity contribution is -0.138. The van der Waals surface area contributed by atoms with Crippen LogP contribution in [0.1, 0.15) is 13.8 Å². The molecule has 0 fully saturated rings. The van der Waals surface area contributed by atoms with Gasteiger partial charge in [-0.15, -0.1) is 0 Å². The first-order valence-corrected chi connectivity index (χ1v) is 5.78. The van der Waals surface area contributed by atoms with E-state index in [0.29, 0.717) is 17.9 Å². The minimum Gasteiger partial charge on any atom is -0.464 e. The zero-order valence-electron chi connectivity index (χ0n) is 10.4. The zero-order chi connectivity index (χ0) is 13.0. The molecule has 0 aliphatic heterocycles. The van der Waals surface area contributed by atoms with Gasteiger partial charge in [-0.2, -0.15) is 0 Å². The lowest BCUT2D eigenvalue weighted by Crippen LogP contribution is -2.06. The number of carbonyl (C=O) groups is 1. The van der Waals surface area contributed by atoms with Crippen molar-refractivity contribution in [2.75, 3.05) is 6.61 Å². The van der Waals surface area contributed by atoms with Crippen LogP contribution in [0.15, 0.2) is 42.3 Å². The van der Waals surface area contributed by atoms with E-state index >= 15 is 0 Å². The van der Waals surface area contributed by atoms with Gasteiger partial charge in [-0.25, -0.2) is 4.79 Å². The largest absolute Gasteiger partial charge is 0.464 e. The number of rotatable bonds is 4. The maximum absolute atomic E-state index is 11.4. The number of fused-ring (bicyclic) bond motifs is 1. The molecule has 0 spiro atoms. The maximum Gasteiger partial charge on any atom is 0.336 e. The normalized spacial score (nSPS) is 11.6. The topological polar surface area (TPSA) is 51.3 Å². The molecule has 0 saturated carbocycles. The number of nitrogens with one attached hydrogen (secondary N) is 1. The Morgan fingerprint density at radius 3 is 3.00 bits per heavy atom. The third kappa shape index (κ3) is 2.71. The van der Waals surface area contributed by atoms with Crippen molar-refractivity contribution in [2.24, 2.45) is 0 Å². The molecular weight excluding hydrogens is 230 g/mol. The van der Waals surface area contributed by atoms with Gasteiger partial charge in [0.05, 0.1) is 12.2 Å². The van der Waals surface area contributed by atoms with Gasteiger partial charge in [0.15, 0.2) is 0 Å². The highest BCUT2D eigenvalue weighted by molar-refractivity contribution is 5.87. The van der Waals surface area contributed by atoms with E-state index in [4.69, 9.17) is 9.47 Å². The first-order chi connectivity index (χ1) is 8.70. The summed E-state index contributed by atoms with van der Waals surface area (Å²) in [4.78, 5) is 14.5. The SMILES string of the molecule is CCOC(=O)/C(C)=C/Oc1ccc2[nH]ccc2c1. The molecule has 0 aliphatic carbocycles. The summed E-state index contributed by atoms with van der Waals surface area (Å²) >= 11 is 0. The number of aromatic amines is 1. The average Bonchev–Trinajstić information content (AvgIpc) is 2.83. The number of ether oxygens (including phenoxy) is 2. The molecule has 1 aromatic heterocycles. The van der Waals surface area contributed by atoms with Crippen molar-refractivity contribution in [1.29, 1.82) is 0 Å². The Morgan fingerprint density at radius 2 is 2.22 bits per heavy atom. The van der Waals surface area contributed by atoms with Crippen LogP contribution in [0.25, 0.3) is 10.9 Å². The Bertz CT molecular complexity index is 583. The Morgan fingerprint density at radius 1 is 1.39 bits per heavy atom. The van der Waals surface area contributed by atoms with E-state index < -0.39 is 0 Å². The minimum atomic E-state index is -0.361. The molecule has 4 nitrogen and oxygen atoms in total. The molecule has 0 amide bonds. The number of esters is 1. The number of H-pyrrole nitrogens is 1. The Hall–Kier alpha value is -2.23. The molecule has 4 heteroatoms. The smallest absolute Gasteiger partial charge is 0.336 e. The van der Waals surface area contributed by atoms with Gasteiger partial charge < -0.3 is 14.5 Å². The summed E-state index contributed by atoms with van der Waals surface area (Å²) in [6.07, 6.45) is 3.28. The van der Waals surface area contributed by atoms with Crippen LogP contribution in [0, 0.1) is 0 Å². The van der Waals surface area contributed by atoms with Crippen molar-refractivity contribution in [2.45, 2.75) is 13.8 Å². The lowest BCUT2D eigenvalue weighted by atomic mass is 10.2. The van der Waals surface area contributed by atoms with Crippen LogP contribution in [0.4, 0.5) is 0 Å². The lowest BCUT2D eigenvalue weighted by Gasteiger charge is -2.03. The summed E-state index contributed by atoms with van der Waals surface area (Å²) < 4.78 is 10.3. The molecule has 0 radical (unpaired) electrons. The molecule has 0 aliphatic rings. The molecule has 1 heterocycles. The van der Waals surface area contributed by atoms with Crippen LogP contribution in [-0.4, -0.2) is 17.6 Å². The van der Waals surface area contributed by atoms with Gasteiger partial charge in [0.1, 0.15) is 12.0 Å². The molecule has 2 aromatic rings. The Labute approximate surface area is 105 Å². The highest BCUT2D eigenvalue weighted by Gasteiger charge is 2.05. The van der Waals surface area contributed by atoms with Gasteiger partial charge in [0, 0.05) is 17.1 Å². The van der Waals surface area contributed by atoms with Crippen LogP contribution in [0.3, 0.4) is 0 Å². The van der Waals surface area contributed by atoms with Crippen molar-refractivity contribution in [3.8, 4) is 5.75 Å². The predicted molar refractivity (Wildman–Crippen MR) is 69.3 cm³/mol. The van der Waals surface area contributed by atoms with Gasteiger partial charge in [-0.1, -0.05) is 0 Å². The Kier molecular flexibility index (Phi) is 3.67. The number of carbonyl (C=O) groups excluding carboxylic acids is 1. The Balaban J connectivity index is 2.09. The van der Waals surface area contributed by atoms with E-state index in [1.165, 1.54) is 6.26 Å². The third-order valence-corrected chi connectivity index (χ3v) is 2.49. The summed E-state index contributed by atoms with van der Waals surface area (Å²) in [6.45, 7) is 3.79. The standard InChI is InChI=1S/C14H15NO3/c1-3-17-14(16)10(2)9-18-12-4-5-13-11(8-12)6-7-15-13/h4-9,15H,3H2,1-2H3/b10-9+. The van der Waals surface area contributed by atoms with E-state index in [-0.39, 0.29) is 5.97 Å². The number of hydrogen-bond donors (Lipinski definition) is 1. The molecule has 0 saturated heterocycles. The summed E-state index contributed by atoms with van der Waals surface area (Å²) in [5.74, 6) is 0.325. The summed E-state index contributed by atoms with van der Waals surface area (Å²) in [6, 6.07) is 7.64. The molecule has 18 heavy (non-hydrogen) atoms. The number of benzene rings is 1. The molecule has 0 bridgehead atoms. The van der Waals surface area contributed by atoms with Crippen molar-refractivity contribution in [1.82, 2.24) is 4.98 Å². The molecule has 0 atom stereocenters. The minimum absolute atomic E-state index is 0.360. The van der Waals surface area contributed by atoms with E-state index in [9.17, 15) is 4.79 Å². The first-order valence-electron chi connectivity index (χ1n) is 5.78. The molecule has 1 aromatic carbocycles. The third-order valence-electron chi connectivity index (χ3n) is 2.49. The van der Waals surface area contributed by atoms with Gasteiger partial charge in [-0.05, 0) is 38.1 Å². The van der Waals surface area contributed by atoms with Crippen LogP contribution in [0.2, 0.25) is 0 Å². The summed E-state index contributed by atoms with van der Waals surface area (Å²) in [5, 5.41) is 1.06. The zero-order valence-corrected chi connectivity index (χ0v) is 10.4. The molecule has 1 N–H and O–H groups in total.